The standard InChI is InChI=1S/C27H20F2N6O3/c28-18-9-4-8-17-21(15-6-2-1-3-7-15)31-24(26(37)32-22(17)18)33-25(36)20-23(16-10-11-30-14-19(16)29)34-35-12-5-13-38-27(20)35/h1-4,6-11,14,24H,5,12-13H2,(H,32,37)(H,33,36)/t24-/m1/s1. The quantitative estimate of drug-likeness (QED) is 0.433. The van der Waals surface area contributed by atoms with Crippen molar-refractivity contribution in [3.8, 4) is 17.1 Å². The minimum absolute atomic E-state index is 0.0352. The predicted octanol–water partition coefficient (Wildman–Crippen LogP) is 3.55. The van der Waals surface area contributed by atoms with Gasteiger partial charge in [-0.3, -0.25) is 14.6 Å². The average molecular weight is 514 g/mol. The van der Waals surface area contributed by atoms with Crippen molar-refractivity contribution >= 4 is 23.2 Å². The number of fused-ring (bicyclic) bond motifs is 2. The highest BCUT2D eigenvalue weighted by atomic mass is 19.1. The second-order valence-corrected chi connectivity index (χ2v) is 8.68. The van der Waals surface area contributed by atoms with Crippen LogP contribution in [0.5, 0.6) is 5.88 Å². The zero-order chi connectivity index (χ0) is 26.2. The molecule has 4 aromatic rings. The van der Waals surface area contributed by atoms with E-state index >= 15 is 0 Å². The van der Waals surface area contributed by atoms with E-state index in [1.807, 2.05) is 6.07 Å². The summed E-state index contributed by atoms with van der Waals surface area (Å²) in [6.45, 7) is 0.816. The first-order valence-electron chi connectivity index (χ1n) is 11.9. The number of pyridine rings is 1. The lowest BCUT2D eigenvalue weighted by Crippen LogP contribution is -2.42. The summed E-state index contributed by atoms with van der Waals surface area (Å²) in [5.74, 6) is -2.63. The minimum Gasteiger partial charge on any atom is -0.477 e. The molecule has 0 saturated carbocycles. The number of hydrogen-bond acceptors (Lipinski definition) is 6. The number of rotatable bonds is 4. The lowest BCUT2D eigenvalue weighted by Gasteiger charge is -2.17. The number of aryl methyl sites for hydroxylation is 1. The number of aromatic nitrogens is 3. The van der Waals surface area contributed by atoms with Gasteiger partial charge >= 0.3 is 0 Å². The van der Waals surface area contributed by atoms with Crippen LogP contribution in [0.15, 0.2) is 72.0 Å². The van der Waals surface area contributed by atoms with Crippen LogP contribution in [-0.4, -0.2) is 45.1 Å². The van der Waals surface area contributed by atoms with Gasteiger partial charge in [0, 0.05) is 35.9 Å². The summed E-state index contributed by atoms with van der Waals surface area (Å²) < 4.78 is 36.7. The van der Waals surface area contributed by atoms with E-state index in [9.17, 15) is 18.4 Å². The van der Waals surface area contributed by atoms with Gasteiger partial charge in [0.05, 0.1) is 24.2 Å². The number of para-hydroxylation sites is 1. The summed E-state index contributed by atoms with van der Waals surface area (Å²) in [5.41, 5.74) is 1.35. The van der Waals surface area contributed by atoms with Crippen LogP contribution in [0.4, 0.5) is 14.5 Å². The van der Waals surface area contributed by atoms with Gasteiger partial charge in [0.1, 0.15) is 17.1 Å². The molecule has 9 nitrogen and oxygen atoms in total. The number of aliphatic imine (C=N–C) groups is 1. The molecule has 0 saturated heterocycles. The van der Waals surface area contributed by atoms with Crippen LogP contribution in [0.3, 0.4) is 0 Å². The number of carbonyl (C=O) groups is 2. The number of ether oxygens (including phenoxy) is 1. The number of carbonyl (C=O) groups excluding carboxylic acids is 2. The van der Waals surface area contributed by atoms with Crippen molar-refractivity contribution in [2.24, 2.45) is 4.99 Å². The van der Waals surface area contributed by atoms with Crippen molar-refractivity contribution in [2.75, 3.05) is 11.9 Å². The molecule has 0 unspecified atom stereocenters. The molecule has 0 fully saturated rings. The topological polar surface area (TPSA) is 111 Å². The van der Waals surface area contributed by atoms with E-state index in [4.69, 9.17) is 4.74 Å². The molecule has 2 amide bonds. The van der Waals surface area contributed by atoms with Gasteiger partial charge in [-0.25, -0.2) is 18.5 Å². The second kappa shape index (κ2) is 9.51. The summed E-state index contributed by atoms with van der Waals surface area (Å²) in [7, 11) is 0. The van der Waals surface area contributed by atoms with Gasteiger partial charge in [-0.15, -0.1) is 0 Å². The molecule has 2 aliphatic rings. The van der Waals surface area contributed by atoms with Gasteiger partial charge in [-0.2, -0.15) is 5.10 Å². The lowest BCUT2D eigenvalue weighted by molar-refractivity contribution is -0.117. The maximum absolute atomic E-state index is 14.8. The summed E-state index contributed by atoms with van der Waals surface area (Å²) in [5, 5.41) is 9.57. The number of nitrogens with zero attached hydrogens (tertiary/aromatic N) is 4. The molecule has 0 aliphatic carbocycles. The second-order valence-electron chi connectivity index (χ2n) is 8.68. The Bertz CT molecular complexity index is 1600. The fourth-order valence-electron chi connectivity index (χ4n) is 4.51. The van der Waals surface area contributed by atoms with Crippen LogP contribution >= 0.6 is 0 Å². The number of anilines is 1. The molecule has 1 atom stereocenters. The molecule has 190 valence electrons. The van der Waals surface area contributed by atoms with E-state index in [1.165, 1.54) is 29.1 Å². The van der Waals surface area contributed by atoms with E-state index in [1.54, 1.807) is 30.3 Å². The van der Waals surface area contributed by atoms with E-state index in [0.717, 1.165) is 6.20 Å². The highest BCUT2D eigenvalue weighted by Crippen LogP contribution is 2.34. The van der Waals surface area contributed by atoms with Crippen molar-refractivity contribution in [2.45, 2.75) is 19.1 Å². The molecule has 2 aromatic heterocycles. The van der Waals surface area contributed by atoms with E-state index in [0.29, 0.717) is 36.4 Å². The lowest BCUT2D eigenvalue weighted by atomic mass is 10.0. The summed E-state index contributed by atoms with van der Waals surface area (Å²) in [6.07, 6.45) is 1.64. The molecule has 0 bridgehead atoms. The maximum Gasteiger partial charge on any atom is 0.269 e. The number of halogens is 2. The zero-order valence-corrected chi connectivity index (χ0v) is 19.8. The molecule has 6 rings (SSSR count). The molecule has 0 radical (unpaired) electrons. The van der Waals surface area contributed by atoms with E-state index < -0.39 is 29.6 Å². The van der Waals surface area contributed by atoms with Crippen LogP contribution in [-0.2, 0) is 11.3 Å². The third kappa shape index (κ3) is 4.07. The number of benzodiazepines with no additional fused rings is 1. The Morgan fingerprint density at radius 1 is 1.05 bits per heavy atom. The molecular formula is C27H20F2N6O3. The predicted molar refractivity (Wildman–Crippen MR) is 134 cm³/mol. The van der Waals surface area contributed by atoms with Crippen LogP contribution in [0.25, 0.3) is 11.3 Å². The zero-order valence-electron chi connectivity index (χ0n) is 19.8. The van der Waals surface area contributed by atoms with Gasteiger partial charge in [0.2, 0.25) is 12.0 Å². The molecule has 4 heterocycles. The largest absolute Gasteiger partial charge is 0.477 e. The van der Waals surface area contributed by atoms with Crippen molar-refractivity contribution in [1.29, 1.82) is 0 Å². The smallest absolute Gasteiger partial charge is 0.269 e. The van der Waals surface area contributed by atoms with Crippen molar-refractivity contribution in [3.63, 3.8) is 0 Å². The van der Waals surface area contributed by atoms with Gasteiger partial charge in [0.15, 0.2) is 5.82 Å². The third-order valence-electron chi connectivity index (χ3n) is 6.25. The molecular weight excluding hydrogens is 494 g/mol. The number of hydrogen-bond donors (Lipinski definition) is 2. The van der Waals surface area contributed by atoms with Crippen molar-refractivity contribution in [3.05, 3.63) is 95.3 Å². The fourth-order valence-corrected chi connectivity index (χ4v) is 4.51. The number of nitrogens with one attached hydrogen (secondary N) is 2. The summed E-state index contributed by atoms with van der Waals surface area (Å²) in [6, 6.07) is 14.7. The Labute approximate surface area is 215 Å². The normalized spacial score (nSPS) is 16.3. The van der Waals surface area contributed by atoms with Crippen LogP contribution in [0, 0.1) is 11.6 Å². The third-order valence-corrected chi connectivity index (χ3v) is 6.25. The van der Waals surface area contributed by atoms with E-state index in [2.05, 4.69) is 25.7 Å². The molecule has 11 heteroatoms. The Balaban J connectivity index is 1.44. The van der Waals surface area contributed by atoms with Crippen LogP contribution in [0.2, 0.25) is 0 Å². The monoisotopic (exact) mass is 514 g/mol. The fraction of sp³-hybridized carbons (Fsp3) is 0.148. The Morgan fingerprint density at radius 3 is 2.71 bits per heavy atom. The van der Waals surface area contributed by atoms with E-state index in [-0.39, 0.29) is 28.4 Å². The number of benzene rings is 2. The van der Waals surface area contributed by atoms with Gasteiger partial charge < -0.3 is 15.4 Å². The molecule has 2 aliphatic heterocycles. The molecule has 0 spiro atoms. The summed E-state index contributed by atoms with van der Waals surface area (Å²) >= 11 is 0. The molecule has 2 N–H and O–H groups in total. The Morgan fingerprint density at radius 2 is 1.89 bits per heavy atom. The Hall–Kier alpha value is -4.93. The number of amides is 2. The first-order valence-corrected chi connectivity index (χ1v) is 11.9. The first-order chi connectivity index (χ1) is 18.5. The van der Waals surface area contributed by atoms with Crippen LogP contribution < -0.4 is 15.4 Å². The van der Waals surface area contributed by atoms with Crippen molar-refractivity contribution < 1.29 is 23.1 Å². The molecule has 2 aromatic carbocycles. The van der Waals surface area contributed by atoms with Gasteiger partial charge in [-0.1, -0.05) is 42.5 Å². The summed E-state index contributed by atoms with van der Waals surface area (Å²) in [4.78, 5) is 35.2. The van der Waals surface area contributed by atoms with Crippen molar-refractivity contribution in [1.82, 2.24) is 20.1 Å². The first kappa shape index (κ1) is 23.5. The molecule has 38 heavy (non-hydrogen) atoms. The van der Waals surface area contributed by atoms with Crippen LogP contribution in [0.1, 0.15) is 27.9 Å². The highest BCUT2D eigenvalue weighted by molar-refractivity contribution is 6.20. The SMILES string of the molecule is O=C(N[C@H]1N=C(c2ccccc2)c2cccc(F)c2NC1=O)c1c(-c2ccncc2F)nn2c1OCCC2. The maximum atomic E-state index is 14.8. The highest BCUT2D eigenvalue weighted by Gasteiger charge is 2.34. The average Bonchev–Trinajstić information content (AvgIpc) is 3.25. The Kier molecular flexibility index (Phi) is 5.87. The van der Waals surface area contributed by atoms with Gasteiger partial charge in [-0.05, 0) is 12.1 Å². The minimum atomic E-state index is -1.43. The van der Waals surface area contributed by atoms with Gasteiger partial charge in [0.25, 0.3) is 11.8 Å².